The number of primary amides is 1. The van der Waals surface area contributed by atoms with Gasteiger partial charge in [-0.05, 0) is 6.42 Å². The molecule has 0 aliphatic carbocycles. The largest absolute Gasteiger partial charge is 0.480 e. The molecule has 20 heavy (non-hydrogen) atoms. The van der Waals surface area contributed by atoms with E-state index in [1.54, 1.807) is 5.32 Å². The van der Waals surface area contributed by atoms with Crippen LogP contribution in [-0.4, -0.2) is 47.9 Å². The first kappa shape index (κ1) is 17.9. The summed E-state index contributed by atoms with van der Waals surface area (Å²) in [5, 5.41) is 11.9. The number of aliphatic carboxylic acids is 1. The first-order valence-electron chi connectivity index (χ1n) is 5.27. The van der Waals surface area contributed by atoms with Crippen molar-refractivity contribution in [1.82, 2.24) is 10.6 Å². The maximum Gasteiger partial charge on any atom is 0.326 e. The molecule has 0 rings (SSSR count). The SMILES string of the molecule is NC(=O)CCC(NC(=O)NCC(F)(F)C(F)F)C(=O)O. The van der Waals surface area contributed by atoms with Crippen LogP contribution in [0.3, 0.4) is 0 Å². The number of alkyl halides is 4. The molecule has 7 nitrogen and oxygen atoms in total. The van der Waals surface area contributed by atoms with Crippen molar-refractivity contribution in [2.45, 2.75) is 31.2 Å². The second kappa shape index (κ2) is 7.50. The van der Waals surface area contributed by atoms with Crippen LogP contribution >= 0.6 is 0 Å². The van der Waals surface area contributed by atoms with Crippen molar-refractivity contribution in [3.8, 4) is 0 Å². The van der Waals surface area contributed by atoms with Gasteiger partial charge in [-0.1, -0.05) is 0 Å². The number of carbonyl (C=O) groups is 3. The summed E-state index contributed by atoms with van der Waals surface area (Å²) in [6, 6.07) is -2.93. The van der Waals surface area contributed by atoms with Crippen LogP contribution in [0.25, 0.3) is 0 Å². The normalized spacial score (nSPS) is 12.8. The number of hydrogen-bond acceptors (Lipinski definition) is 3. The fourth-order valence-corrected chi connectivity index (χ4v) is 1.03. The molecule has 0 fully saturated rings. The molecular weight excluding hydrogens is 290 g/mol. The predicted molar refractivity (Wildman–Crippen MR) is 57.3 cm³/mol. The van der Waals surface area contributed by atoms with Crippen molar-refractivity contribution in [2.75, 3.05) is 6.54 Å². The van der Waals surface area contributed by atoms with E-state index in [2.05, 4.69) is 0 Å². The Kier molecular flexibility index (Phi) is 6.73. The molecule has 0 heterocycles. The third kappa shape index (κ3) is 6.75. The van der Waals surface area contributed by atoms with Crippen molar-refractivity contribution < 1.29 is 37.1 Å². The fourth-order valence-electron chi connectivity index (χ4n) is 1.03. The van der Waals surface area contributed by atoms with Crippen molar-refractivity contribution in [3.05, 3.63) is 0 Å². The molecule has 0 saturated heterocycles. The molecular formula is C9H13F4N3O4. The van der Waals surface area contributed by atoms with Gasteiger partial charge in [-0.25, -0.2) is 18.4 Å². The quantitative estimate of drug-likeness (QED) is 0.468. The van der Waals surface area contributed by atoms with Crippen molar-refractivity contribution in [3.63, 3.8) is 0 Å². The summed E-state index contributed by atoms with van der Waals surface area (Å²) in [7, 11) is 0. The highest BCUT2D eigenvalue weighted by Gasteiger charge is 2.41. The average Bonchev–Trinajstić information content (AvgIpc) is 2.31. The van der Waals surface area contributed by atoms with E-state index in [1.165, 1.54) is 5.32 Å². The Morgan fingerprint density at radius 1 is 1.25 bits per heavy atom. The number of halogens is 4. The van der Waals surface area contributed by atoms with E-state index in [9.17, 15) is 31.9 Å². The highest BCUT2D eigenvalue weighted by atomic mass is 19.3. The van der Waals surface area contributed by atoms with Gasteiger partial charge < -0.3 is 21.5 Å². The van der Waals surface area contributed by atoms with Gasteiger partial charge in [0.2, 0.25) is 5.91 Å². The fraction of sp³-hybridized carbons (Fsp3) is 0.667. The minimum absolute atomic E-state index is 0.357. The molecule has 0 aliphatic rings. The second-order valence-corrected chi connectivity index (χ2v) is 3.78. The standard InChI is InChI=1S/C9H13F4N3O4/c10-7(11)9(12,13)3-15-8(20)16-4(6(18)19)1-2-5(14)17/h4,7H,1-3H2,(H2,14,17)(H,18,19)(H2,15,16,20). The van der Waals surface area contributed by atoms with Gasteiger partial charge >= 0.3 is 24.3 Å². The zero-order valence-corrected chi connectivity index (χ0v) is 10.0. The van der Waals surface area contributed by atoms with Gasteiger partial charge in [0, 0.05) is 6.42 Å². The third-order valence-electron chi connectivity index (χ3n) is 2.09. The zero-order valence-electron chi connectivity index (χ0n) is 10.0. The number of amides is 3. The Bertz CT molecular complexity index is 378. The van der Waals surface area contributed by atoms with Gasteiger partial charge in [0.1, 0.15) is 6.04 Å². The number of urea groups is 1. The Labute approximate surface area is 110 Å². The lowest BCUT2D eigenvalue weighted by Gasteiger charge is -2.18. The van der Waals surface area contributed by atoms with Gasteiger partial charge in [-0.15, -0.1) is 0 Å². The summed E-state index contributed by atoms with van der Waals surface area (Å²) in [4.78, 5) is 32.2. The van der Waals surface area contributed by atoms with Crippen LogP contribution in [0, 0.1) is 0 Å². The van der Waals surface area contributed by atoms with Gasteiger partial charge in [-0.3, -0.25) is 4.79 Å². The lowest BCUT2D eigenvalue weighted by molar-refractivity contribution is -0.139. The summed E-state index contributed by atoms with van der Waals surface area (Å²) in [6.45, 7) is -1.65. The predicted octanol–water partition coefficient (Wildman–Crippen LogP) is -0.0953. The Hall–Kier alpha value is -2.07. The molecule has 0 aromatic heterocycles. The highest BCUT2D eigenvalue weighted by molar-refractivity contribution is 5.83. The summed E-state index contributed by atoms with van der Waals surface area (Å²) in [6.07, 6.45) is -4.68. The number of carboxylic acid groups (broad SMARTS) is 1. The van der Waals surface area contributed by atoms with E-state index in [4.69, 9.17) is 10.8 Å². The van der Waals surface area contributed by atoms with Crippen molar-refractivity contribution >= 4 is 17.9 Å². The van der Waals surface area contributed by atoms with E-state index < -0.39 is 42.8 Å². The lowest BCUT2D eigenvalue weighted by Crippen LogP contribution is -2.50. The summed E-state index contributed by atoms with van der Waals surface area (Å²) in [5.74, 6) is -6.77. The molecule has 3 amide bonds. The smallest absolute Gasteiger partial charge is 0.326 e. The zero-order chi connectivity index (χ0) is 15.9. The van der Waals surface area contributed by atoms with Gasteiger partial charge in [-0.2, -0.15) is 8.78 Å². The maximum atomic E-state index is 12.5. The summed E-state index contributed by atoms with van der Waals surface area (Å²) >= 11 is 0. The molecule has 116 valence electrons. The number of nitrogens with two attached hydrogens (primary N) is 1. The van der Waals surface area contributed by atoms with E-state index >= 15 is 0 Å². The van der Waals surface area contributed by atoms with Gasteiger partial charge in [0.25, 0.3) is 0 Å². The maximum absolute atomic E-state index is 12.5. The molecule has 0 aromatic rings. The average molecular weight is 303 g/mol. The van der Waals surface area contributed by atoms with Crippen LogP contribution < -0.4 is 16.4 Å². The minimum atomic E-state index is -4.43. The molecule has 1 atom stereocenters. The molecule has 0 saturated carbocycles. The molecule has 1 unspecified atom stereocenters. The number of carbonyl (C=O) groups excluding carboxylic acids is 2. The lowest BCUT2D eigenvalue weighted by atomic mass is 10.1. The molecule has 0 radical (unpaired) electrons. The van der Waals surface area contributed by atoms with Gasteiger partial charge in [0.05, 0.1) is 6.54 Å². The van der Waals surface area contributed by atoms with Crippen LogP contribution in [0.5, 0.6) is 0 Å². The van der Waals surface area contributed by atoms with Crippen molar-refractivity contribution in [2.24, 2.45) is 5.73 Å². The number of nitrogens with one attached hydrogen (secondary N) is 2. The molecule has 0 aromatic carbocycles. The molecule has 11 heteroatoms. The number of carboxylic acids is 1. The summed E-state index contributed by atoms with van der Waals surface area (Å²) in [5.41, 5.74) is 4.78. The van der Waals surface area contributed by atoms with E-state index in [1.807, 2.05) is 0 Å². The van der Waals surface area contributed by atoms with E-state index in [-0.39, 0.29) is 12.8 Å². The Balaban J connectivity index is 4.33. The monoisotopic (exact) mass is 303 g/mol. The van der Waals surface area contributed by atoms with Crippen LogP contribution in [0.1, 0.15) is 12.8 Å². The van der Waals surface area contributed by atoms with E-state index in [0.29, 0.717) is 0 Å². The topological polar surface area (TPSA) is 122 Å². The Morgan fingerprint density at radius 3 is 2.20 bits per heavy atom. The molecule has 5 N–H and O–H groups in total. The Morgan fingerprint density at radius 2 is 1.80 bits per heavy atom. The second-order valence-electron chi connectivity index (χ2n) is 3.78. The van der Waals surface area contributed by atoms with Crippen molar-refractivity contribution in [1.29, 1.82) is 0 Å². The molecule has 0 spiro atoms. The van der Waals surface area contributed by atoms with Gasteiger partial charge in [0.15, 0.2) is 0 Å². The van der Waals surface area contributed by atoms with Crippen LogP contribution in [0.2, 0.25) is 0 Å². The first-order chi connectivity index (χ1) is 9.06. The number of rotatable bonds is 8. The minimum Gasteiger partial charge on any atom is -0.480 e. The third-order valence-corrected chi connectivity index (χ3v) is 2.09. The first-order valence-corrected chi connectivity index (χ1v) is 5.27. The molecule has 0 aliphatic heterocycles. The summed E-state index contributed by atoms with van der Waals surface area (Å²) < 4.78 is 48.6. The van der Waals surface area contributed by atoms with Crippen LogP contribution in [0.15, 0.2) is 0 Å². The van der Waals surface area contributed by atoms with Crippen LogP contribution in [-0.2, 0) is 9.59 Å². The molecule has 0 bridgehead atoms. The number of hydrogen-bond donors (Lipinski definition) is 4. The van der Waals surface area contributed by atoms with Crippen LogP contribution in [0.4, 0.5) is 22.4 Å². The van der Waals surface area contributed by atoms with E-state index in [0.717, 1.165) is 0 Å². The highest BCUT2D eigenvalue weighted by Crippen LogP contribution is 2.21.